The van der Waals surface area contributed by atoms with Gasteiger partial charge in [-0.2, -0.15) is 0 Å². The molecule has 4 rings (SSSR count). The van der Waals surface area contributed by atoms with E-state index in [-0.39, 0.29) is 24.3 Å². The fourth-order valence-electron chi connectivity index (χ4n) is 4.24. The molecule has 1 atom stereocenters. The predicted octanol–water partition coefficient (Wildman–Crippen LogP) is 3.14. The molecule has 7 nitrogen and oxygen atoms in total. The molecule has 2 aromatic rings. The predicted molar refractivity (Wildman–Crippen MR) is 106 cm³/mol. The molecule has 29 heavy (non-hydrogen) atoms. The van der Waals surface area contributed by atoms with Gasteiger partial charge in [0.15, 0.2) is 0 Å². The summed E-state index contributed by atoms with van der Waals surface area (Å²) in [6.45, 7) is 6.36. The summed E-state index contributed by atoms with van der Waals surface area (Å²) in [6.07, 6.45) is 1.30. The number of rotatable bonds is 5. The smallest absolute Gasteiger partial charge is 0.410 e. The van der Waals surface area contributed by atoms with Gasteiger partial charge < -0.3 is 19.1 Å². The minimum Gasteiger partial charge on any atom is -0.441 e. The molecule has 1 aromatic carbocycles. The van der Waals surface area contributed by atoms with Crippen LogP contribution in [0.1, 0.15) is 42.7 Å². The lowest BCUT2D eigenvalue weighted by atomic mass is 9.90. The zero-order valence-corrected chi connectivity index (χ0v) is 17.0. The van der Waals surface area contributed by atoms with Crippen molar-refractivity contribution >= 4 is 12.0 Å². The Balaban J connectivity index is 1.31. The van der Waals surface area contributed by atoms with Gasteiger partial charge in [-0.1, -0.05) is 42.4 Å². The minimum atomic E-state index is -0.479. The number of piperidine rings is 1. The number of benzene rings is 1. The Kier molecular flexibility index (Phi) is 5.30. The third-order valence-electron chi connectivity index (χ3n) is 5.93. The molecule has 0 radical (unpaired) electrons. The van der Waals surface area contributed by atoms with Crippen LogP contribution in [0.3, 0.4) is 0 Å². The van der Waals surface area contributed by atoms with Crippen LogP contribution in [0.5, 0.6) is 0 Å². The summed E-state index contributed by atoms with van der Waals surface area (Å²) in [6, 6.07) is 12.0. The van der Waals surface area contributed by atoms with Gasteiger partial charge in [0.2, 0.25) is 5.91 Å². The van der Waals surface area contributed by atoms with Crippen molar-refractivity contribution in [3.63, 3.8) is 0 Å². The largest absolute Gasteiger partial charge is 0.441 e. The quantitative estimate of drug-likeness (QED) is 0.775. The van der Waals surface area contributed by atoms with Gasteiger partial charge in [0, 0.05) is 38.5 Å². The molecule has 3 heterocycles. The van der Waals surface area contributed by atoms with E-state index in [1.165, 1.54) is 5.56 Å². The van der Waals surface area contributed by atoms with Crippen molar-refractivity contribution in [2.45, 2.75) is 44.6 Å². The zero-order chi connectivity index (χ0) is 20.4. The van der Waals surface area contributed by atoms with E-state index in [2.05, 4.69) is 24.2 Å². The van der Waals surface area contributed by atoms with Crippen LogP contribution in [-0.4, -0.2) is 58.7 Å². The fourth-order valence-corrected chi connectivity index (χ4v) is 4.24. The van der Waals surface area contributed by atoms with Gasteiger partial charge in [-0.05, 0) is 18.4 Å². The van der Waals surface area contributed by atoms with Crippen molar-refractivity contribution in [3.05, 3.63) is 53.4 Å². The van der Waals surface area contributed by atoms with Gasteiger partial charge in [0.25, 0.3) is 0 Å². The van der Waals surface area contributed by atoms with Crippen LogP contribution in [0, 0.1) is 6.92 Å². The number of carbonyl (C=O) groups excluding carboxylic acids is 2. The first-order chi connectivity index (χ1) is 13.9. The standard InChI is InChI=1S/C22H27N3O4/c1-16(18-6-4-3-5-7-18)14-25-15-22(28-21(25)27)8-10-24(11-9-22)20(26)13-19-12-17(2)23-29-19/h3-7,12,16H,8-11,13-15H2,1-2H3/t16-/m0/s1. The number of likely N-dealkylation sites (tertiary alicyclic amines) is 1. The van der Waals surface area contributed by atoms with Crippen molar-refractivity contribution in [3.8, 4) is 0 Å². The average molecular weight is 397 g/mol. The van der Waals surface area contributed by atoms with Crippen LogP contribution in [0.4, 0.5) is 4.79 Å². The van der Waals surface area contributed by atoms with E-state index in [0.717, 1.165) is 5.69 Å². The molecule has 0 bridgehead atoms. The summed E-state index contributed by atoms with van der Waals surface area (Å²) >= 11 is 0. The molecule has 0 N–H and O–H groups in total. The van der Waals surface area contributed by atoms with Crippen molar-refractivity contribution in [1.29, 1.82) is 0 Å². The fraction of sp³-hybridized carbons (Fsp3) is 0.500. The monoisotopic (exact) mass is 397 g/mol. The number of hydrogen-bond donors (Lipinski definition) is 0. The van der Waals surface area contributed by atoms with E-state index in [1.54, 1.807) is 6.07 Å². The Morgan fingerprint density at radius 2 is 1.97 bits per heavy atom. The summed E-state index contributed by atoms with van der Waals surface area (Å²) in [5.74, 6) is 0.849. The van der Waals surface area contributed by atoms with E-state index >= 15 is 0 Å². The third-order valence-corrected chi connectivity index (χ3v) is 5.93. The molecular formula is C22H27N3O4. The highest BCUT2D eigenvalue weighted by atomic mass is 16.6. The van der Waals surface area contributed by atoms with Crippen LogP contribution < -0.4 is 0 Å². The highest BCUT2D eigenvalue weighted by Crippen LogP contribution is 2.34. The highest BCUT2D eigenvalue weighted by Gasteiger charge is 2.47. The second-order valence-corrected chi connectivity index (χ2v) is 8.24. The van der Waals surface area contributed by atoms with E-state index in [1.807, 2.05) is 34.9 Å². The van der Waals surface area contributed by atoms with Crippen LogP contribution in [0.2, 0.25) is 0 Å². The molecule has 1 spiro atoms. The number of aromatic nitrogens is 1. The number of aryl methyl sites for hydroxylation is 1. The SMILES string of the molecule is Cc1cc(CC(=O)N2CCC3(CC2)CN(C[C@H](C)c2ccccc2)C(=O)O3)on1. The lowest BCUT2D eigenvalue weighted by Crippen LogP contribution is -2.49. The van der Waals surface area contributed by atoms with Gasteiger partial charge in [-0.25, -0.2) is 4.79 Å². The van der Waals surface area contributed by atoms with Crippen LogP contribution in [-0.2, 0) is 16.0 Å². The third kappa shape index (κ3) is 4.28. The number of amides is 2. The summed E-state index contributed by atoms with van der Waals surface area (Å²) in [4.78, 5) is 28.6. The van der Waals surface area contributed by atoms with Crippen LogP contribution in [0.25, 0.3) is 0 Å². The van der Waals surface area contributed by atoms with Crippen molar-refractivity contribution in [2.24, 2.45) is 0 Å². The lowest BCUT2D eigenvalue weighted by molar-refractivity contribution is -0.134. The summed E-state index contributed by atoms with van der Waals surface area (Å²) in [5, 5.41) is 3.83. The second kappa shape index (κ2) is 7.89. The molecule has 0 aliphatic carbocycles. The summed E-state index contributed by atoms with van der Waals surface area (Å²) < 4.78 is 11.0. The molecule has 0 saturated carbocycles. The first-order valence-electron chi connectivity index (χ1n) is 10.2. The molecule has 2 saturated heterocycles. The number of hydrogen-bond acceptors (Lipinski definition) is 5. The van der Waals surface area contributed by atoms with E-state index in [4.69, 9.17) is 9.26 Å². The lowest BCUT2D eigenvalue weighted by Gasteiger charge is -2.37. The van der Waals surface area contributed by atoms with Gasteiger partial charge in [-0.15, -0.1) is 0 Å². The molecule has 154 valence electrons. The highest BCUT2D eigenvalue weighted by molar-refractivity contribution is 5.78. The number of carbonyl (C=O) groups is 2. The van der Waals surface area contributed by atoms with Crippen LogP contribution >= 0.6 is 0 Å². The minimum absolute atomic E-state index is 0.0230. The Hall–Kier alpha value is -2.83. The van der Waals surface area contributed by atoms with Crippen molar-refractivity contribution < 1.29 is 18.8 Å². The molecular weight excluding hydrogens is 370 g/mol. The average Bonchev–Trinajstić information content (AvgIpc) is 3.25. The number of ether oxygens (including phenoxy) is 1. The Morgan fingerprint density at radius 3 is 2.62 bits per heavy atom. The summed E-state index contributed by atoms with van der Waals surface area (Å²) in [5.41, 5.74) is 1.50. The van der Waals surface area contributed by atoms with Crippen LogP contribution in [0.15, 0.2) is 40.9 Å². The van der Waals surface area contributed by atoms with Gasteiger partial charge >= 0.3 is 6.09 Å². The first-order valence-corrected chi connectivity index (χ1v) is 10.2. The van der Waals surface area contributed by atoms with Gasteiger partial charge in [0.05, 0.1) is 18.7 Å². The van der Waals surface area contributed by atoms with E-state index in [9.17, 15) is 9.59 Å². The van der Waals surface area contributed by atoms with E-state index < -0.39 is 5.60 Å². The first kappa shape index (κ1) is 19.5. The molecule has 7 heteroatoms. The molecule has 2 aliphatic rings. The van der Waals surface area contributed by atoms with Gasteiger partial charge in [0.1, 0.15) is 11.4 Å². The Labute approximate surface area is 170 Å². The maximum atomic E-state index is 12.5. The van der Waals surface area contributed by atoms with Gasteiger partial charge in [-0.3, -0.25) is 4.79 Å². The second-order valence-electron chi connectivity index (χ2n) is 8.24. The molecule has 2 amide bonds. The zero-order valence-electron chi connectivity index (χ0n) is 17.0. The maximum absolute atomic E-state index is 12.5. The Morgan fingerprint density at radius 1 is 1.24 bits per heavy atom. The molecule has 1 aromatic heterocycles. The molecule has 2 fully saturated rings. The maximum Gasteiger partial charge on any atom is 0.410 e. The molecule has 0 unspecified atom stereocenters. The van der Waals surface area contributed by atoms with Crippen molar-refractivity contribution in [1.82, 2.24) is 15.0 Å². The Bertz CT molecular complexity index is 871. The normalized spacial score (nSPS) is 19.4. The summed E-state index contributed by atoms with van der Waals surface area (Å²) in [7, 11) is 0. The van der Waals surface area contributed by atoms with Crippen molar-refractivity contribution in [2.75, 3.05) is 26.2 Å². The van der Waals surface area contributed by atoms with E-state index in [0.29, 0.717) is 44.8 Å². The topological polar surface area (TPSA) is 75.9 Å². The number of nitrogens with zero attached hydrogens (tertiary/aromatic N) is 3. The molecule has 2 aliphatic heterocycles.